The Morgan fingerprint density at radius 3 is 2.29 bits per heavy atom. The molecule has 0 aliphatic heterocycles. The van der Waals surface area contributed by atoms with Crippen LogP contribution in [0.4, 0.5) is 0 Å². The van der Waals surface area contributed by atoms with Gasteiger partial charge in [-0.05, 0) is 25.8 Å². The minimum atomic E-state index is 0.163. The van der Waals surface area contributed by atoms with E-state index in [-0.39, 0.29) is 5.78 Å². The highest BCUT2D eigenvalue weighted by atomic mass is 16.1. The molecule has 0 unspecified atom stereocenters. The molecule has 0 amide bonds. The van der Waals surface area contributed by atoms with Crippen molar-refractivity contribution in [2.45, 2.75) is 20.3 Å². The highest BCUT2D eigenvalue weighted by Crippen LogP contribution is 2.07. The molecule has 0 saturated carbocycles. The lowest BCUT2D eigenvalue weighted by molar-refractivity contribution is -0.113. The molecule has 0 radical (unpaired) electrons. The second-order valence-electron chi connectivity index (χ2n) is 3.92. The van der Waals surface area contributed by atoms with E-state index in [4.69, 9.17) is 0 Å². The molecule has 17 heavy (non-hydrogen) atoms. The maximum atomic E-state index is 10.8. The van der Waals surface area contributed by atoms with Crippen molar-refractivity contribution in [2.24, 2.45) is 0 Å². The minimum Gasteiger partial charge on any atom is -0.295 e. The lowest BCUT2D eigenvalue weighted by atomic mass is 10.1. The predicted octanol–water partition coefficient (Wildman–Crippen LogP) is 4.01. The van der Waals surface area contributed by atoms with Gasteiger partial charge in [0.15, 0.2) is 5.78 Å². The van der Waals surface area contributed by atoms with Crippen molar-refractivity contribution in [3.8, 4) is 0 Å². The zero-order chi connectivity index (χ0) is 12.5. The Balaban J connectivity index is 0.000000181. The van der Waals surface area contributed by atoms with Crippen LogP contribution in [0.3, 0.4) is 0 Å². The summed E-state index contributed by atoms with van der Waals surface area (Å²) in [5.41, 5.74) is 2.20. The highest BCUT2D eigenvalue weighted by Gasteiger charge is 1.99. The lowest BCUT2D eigenvalue weighted by Crippen LogP contribution is -1.93. The van der Waals surface area contributed by atoms with E-state index in [0.717, 1.165) is 12.0 Å². The van der Waals surface area contributed by atoms with E-state index in [2.05, 4.69) is 19.1 Å². The smallest absolute Gasteiger partial charge is 0.156 e. The Kier molecular flexibility index (Phi) is 5.73. The van der Waals surface area contributed by atoms with Crippen LogP contribution in [0.15, 0.2) is 66.3 Å². The number of carbonyl (C=O) groups is 1. The fourth-order valence-corrected chi connectivity index (χ4v) is 1.37. The van der Waals surface area contributed by atoms with E-state index < -0.39 is 0 Å². The number of carbonyl (C=O) groups excluding carboxylic acids is 1. The first-order chi connectivity index (χ1) is 8.20. The van der Waals surface area contributed by atoms with Gasteiger partial charge in [-0.2, -0.15) is 0 Å². The van der Waals surface area contributed by atoms with Crippen LogP contribution in [0.1, 0.15) is 18.9 Å². The van der Waals surface area contributed by atoms with Crippen molar-refractivity contribution in [1.29, 1.82) is 0 Å². The van der Waals surface area contributed by atoms with Gasteiger partial charge in [-0.1, -0.05) is 66.3 Å². The third kappa shape index (κ3) is 5.67. The number of hydrogen-bond acceptors (Lipinski definition) is 1. The van der Waals surface area contributed by atoms with Crippen LogP contribution in [0.25, 0.3) is 0 Å². The summed E-state index contributed by atoms with van der Waals surface area (Å²) < 4.78 is 0. The van der Waals surface area contributed by atoms with Crippen LogP contribution in [0.2, 0.25) is 0 Å². The van der Waals surface area contributed by atoms with E-state index in [1.807, 2.05) is 48.6 Å². The van der Waals surface area contributed by atoms with Gasteiger partial charge in [0.05, 0.1) is 0 Å². The molecule has 0 N–H and O–H groups in total. The molecular formula is C16H18O. The zero-order valence-corrected chi connectivity index (χ0v) is 10.4. The van der Waals surface area contributed by atoms with E-state index in [1.54, 1.807) is 6.92 Å². The van der Waals surface area contributed by atoms with Crippen LogP contribution < -0.4 is 0 Å². The average Bonchev–Trinajstić information content (AvgIpc) is 2.59. The molecule has 1 aromatic rings. The van der Waals surface area contributed by atoms with Crippen molar-refractivity contribution in [2.75, 3.05) is 0 Å². The summed E-state index contributed by atoms with van der Waals surface area (Å²) in [6.45, 7) is 3.68. The van der Waals surface area contributed by atoms with Crippen LogP contribution in [-0.4, -0.2) is 5.78 Å². The summed E-state index contributed by atoms with van der Waals surface area (Å²) in [7, 11) is 0. The van der Waals surface area contributed by atoms with E-state index >= 15 is 0 Å². The molecule has 0 aromatic heterocycles. The Bertz CT molecular complexity index is 436. The molecule has 1 nitrogen and oxygen atoms in total. The molecule has 0 atom stereocenters. The van der Waals surface area contributed by atoms with Crippen molar-refractivity contribution >= 4 is 5.78 Å². The van der Waals surface area contributed by atoms with Gasteiger partial charge < -0.3 is 0 Å². The standard InChI is InChI=1S/C9H10O.C7H8/c1-8(10)9-6-4-2-3-5-7-9;1-7-5-3-2-4-6-7/h2-6H,7H2,1H3;2-6H,1H3. The summed E-state index contributed by atoms with van der Waals surface area (Å²) >= 11 is 0. The molecule has 0 saturated heterocycles. The maximum Gasteiger partial charge on any atom is 0.156 e. The molecule has 0 spiro atoms. The number of hydrogen-bond donors (Lipinski definition) is 0. The average molecular weight is 226 g/mol. The summed E-state index contributed by atoms with van der Waals surface area (Å²) in [6, 6.07) is 10.3. The first-order valence-corrected chi connectivity index (χ1v) is 5.75. The van der Waals surface area contributed by atoms with Gasteiger partial charge in [0.25, 0.3) is 0 Å². The summed E-state index contributed by atoms with van der Waals surface area (Å²) in [6.07, 6.45) is 10.4. The fourth-order valence-electron chi connectivity index (χ4n) is 1.37. The van der Waals surface area contributed by atoms with Crippen LogP contribution >= 0.6 is 0 Å². The second-order valence-corrected chi connectivity index (χ2v) is 3.92. The maximum absolute atomic E-state index is 10.8. The van der Waals surface area contributed by atoms with Crippen LogP contribution in [0.5, 0.6) is 0 Å². The van der Waals surface area contributed by atoms with E-state index in [1.165, 1.54) is 5.56 Å². The Labute approximate surface area is 103 Å². The molecule has 0 heterocycles. The van der Waals surface area contributed by atoms with Gasteiger partial charge in [-0.15, -0.1) is 0 Å². The van der Waals surface area contributed by atoms with E-state index in [0.29, 0.717) is 0 Å². The molecule has 0 fully saturated rings. The Morgan fingerprint density at radius 2 is 1.76 bits per heavy atom. The number of benzene rings is 1. The summed E-state index contributed by atoms with van der Waals surface area (Å²) in [5, 5.41) is 0. The third-order valence-electron chi connectivity index (χ3n) is 2.39. The summed E-state index contributed by atoms with van der Waals surface area (Å²) in [4.78, 5) is 10.8. The molecule has 88 valence electrons. The second kappa shape index (κ2) is 7.39. The van der Waals surface area contributed by atoms with Crippen molar-refractivity contribution in [1.82, 2.24) is 0 Å². The van der Waals surface area contributed by atoms with Gasteiger partial charge in [-0.3, -0.25) is 4.79 Å². The monoisotopic (exact) mass is 226 g/mol. The fraction of sp³-hybridized carbons (Fsp3) is 0.188. The largest absolute Gasteiger partial charge is 0.295 e. The van der Waals surface area contributed by atoms with Crippen molar-refractivity contribution in [3.05, 3.63) is 71.8 Å². The summed E-state index contributed by atoms with van der Waals surface area (Å²) in [5.74, 6) is 0.163. The Hall–Kier alpha value is -1.89. The van der Waals surface area contributed by atoms with Crippen molar-refractivity contribution < 1.29 is 4.79 Å². The first kappa shape index (κ1) is 13.2. The van der Waals surface area contributed by atoms with Crippen LogP contribution in [-0.2, 0) is 4.79 Å². The number of ketones is 1. The number of aryl methyl sites for hydroxylation is 1. The molecule has 1 aliphatic carbocycles. The minimum absolute atomic E-state index is 0.163. The van der Waals surface area contributed by atoms with Gasteiger partial charge in [0, 0.05) is 0 Å². The molecule has 1 aliphatic rings. The quantitative estimate of drug-likeness (QED) is 0.707. The number of rotatable bonds is 1. The SMILES string of the molecule is CC(=O)C1=CC=CC=CC1.Cc1ccccc1. The topological polar surface area (TPSA) is 17.1 Å². The number of Topliss-reactive ketones (excluding diaryl/α,β-unsaturated/α-hetero) is 1. The van der Waals surface area contributed by atoms with Gasteiger partial charge in [0.1, 0.15) is 0 Å². The van der Waals surface area contributed by atoms with Gasteiger partial charge >= 0.3 is 0 Å². The molecule has 1 heteroatoms. The molecule has 2 rings (SSSR count). The van der Waals surface area contributed by atoms with Gasteiger partial charge in [0.2, 0.25) is 0 Å². The molecule has 1 aromatic carbocycles. The molecular weight excluding hydrogens is 208 g/mol. The van der Waals surface area contributed by atoms with Crippen LogP contribution in [0, 0.1) is 6.92 Å². The first-order valence-electron chi connectivity index (χ1n) is 5.75. The predicted molar refractivity (Wildman–Crippen MR) is 72.8 cm³/mol. The normalized spacial score (nSPS) is 13.2. The third-order valence-corrected chi connectivity index (χ3v) is 2.39. The van der Waals surface area contributed by atoms with E-state index in [9.17, 15) is 4.79 Å². The zero-order valence-electron chi connectivity index (χ0n) is 10.4. The number of allylic oxidation sites excluding steroid dienone is 6. The van der Waals surface area contributed by atoms with Gasteiger partial charge in [-0.25, -0.2) is 0 Å². The molecule has 0 bridgehead atoms. The Morgan fingerprint density at radius 1 is 1.06 bits per heavy atom. The lowest BCUT2D eigenvalue weighted by Gasteiger charge is -1.93. The van der Waals surface area contributed by atoms with Crippen molar-refractivity contribution in [3.63, 3.8) is 0 Å². The highest BCUT2D eigenvalue weighted by molar-refractivity contribution is 5.93.